The first-order chi connectivity index (χ1) is 15.1. The molecular weight excluding hydrogens is 434 g/mol. The summed E-state index contributed by atoms with van der Waals surface area (Å²) >= 11 is 0. The molecule has 10 heteroatoms. The fourth-order valence-electron chi connectivity index (χ4n) is 3.66. The number of rotatable bonds is 0. The third-order valence-corrected chi connectivity index (χ3v) is 4.96. The molecule has 5 rings (SSSR count). The highest BCUT2D eigenvalue weighted by molar-refractivity contribution is 5.81. The molecule has 2 aliphatic rings. The van der Waals surface area contributed by atoms with Crippen molar-refractivity contribution in [3.63, 3.8) is 0 Å². The van der Waals surface area contributed by atoms with E-state index in [0.29, 0.717) is 16.6 Å². The van der Waals surface area contributed by atoms with Gasteiger partial charge in [-0.3, -0.25) is 0 Å². The molecule has 162 valence electrons. The number of halogens is 6. The van der Waals surface area contributed by atoms with Crippen molar-refractivity contribution in [1.29, 1.82) is 0 Å². The van der Waals surface area contributed by atoms with Crippen molar-refractivity contribution in [2.24, 2.45) is 0 Å². The van der Waals surface area contributed by atoms with Gasteiger partial charge in [-0.05, 0) is 60.7 Å². The molecule has 0 atom stereocenters. The maximum atomic E-state index is 13.9. The van der Waals surface area contributed by atoms with Gasteiger partial charge in [0.15, 0.2) is 0 Å². The Kier molecular flexibility index (Phi) is 4.30. The molecule has 0 aromatic carbocycles. The van der Waals surface area contributed by atoms with Gasteiger partial charge in [-0.15, -0.1) is 0 Å². The van der Waals surface area contributed by atoms with Crippen LogP contribution in [0, 0.1) is 0 Å². The second kappa shape index (κ2) is 6.84. The van der Waals surface area contributed by atoms with E-state index >= 15 is 0 Å². The van der Waals surface area contributed by atoms with Crippen LogP contribution in [0.5, 0.6) is 0 Å². The molecule has 8 bridgehead atoms. The van der Waals surface area contributed by atoms with Gasteiger partial charge in [0.25, 0.3) is 0 Å². The minimum atomic E-state index is -4.88. The molecule has 0 spiro atoms. The molecule has 3 aromatic heterocycles. The lowest BCUT2D eigenvalue weighted by molar-refractivity contribution is -0.138. The second-order valence-electron chi connectivity index (χ2n) is 7.20. The van der Waals surface area contributed by atoms with E-state index in [1.165, 1.54) is 24.3 Å². The van der Waals surface area contributed by atoms with Crippen molar-refractivity contribution in [2.45, 2.75) is 12.4 Å². The van der Waals surface area contributed by atoms with Crippen molar-refractivity contribution < 1.29 is 26.3 Å². The monoisotopic (exact) mass is 446 g/mol. The zero-order chi connectivity index (χ0) is 22.7. The molecular formula is C22H12F6N4. The number of aromatic amines is 2. The highest BCUT2D eigenvalue weighted by atomic mass is 19.4. The summed E-state index contributed by atoms with van der Waals surface area (Å²) in [5, 5.41) is 0. The largest absolute Gasteiger partial charge is 0.420 e. The quantitative estimate of drug-likeness (QED) is 0.260. The summed E-state index contributed by atoms with van der Waals surface area (Å²) in [6.07, 6.45) is -5.31. The van der Waals surface area contributed by atoms with Crippen LogP contribution in [0.15, 0.2) is 36.4 Å². The number of aromatic nitrogens is 4. The Morgan fingerprint density at radius 3 is 1.78 bits per heavy atom. The molecule has 2 aliphatic heterocycles. The molecule has 0 saturated heterocycles. The molecule has 0 saturated carbocycles. The summed E-state index contributed by atoms with van der Waals surface area (Å²) in [5.74, 6) is 0. The summed E-state index contributed by atoms with van der Waals surface area (Å²) in [4.78, 5) is 13.4. The van der Waals surface area contributed by atoms with Gasteiger partial charge in [-0.1, -0.05) is 0 Å². The number of fused-ring (bicyclic) bond motifs is 8. The first-order valence-electron chi connectivity index (χ1n) is 9.33. The van der Waals surface area contributed by atoms with E-state index in [4.69, 9.17) is 0 Å². The van der Waals surface area contributed by atoms with Gasteiger partial charge >= 0.3 is 12.4 Å². The van der Waals surface area contributed by atoms with E-state index in [1.54, 1.807) is 24.3 Å². The van der Waals surface area contributed by atoms with Crippen molar-refractivity contribution in [3.05, 3.63) is 70.3 Å². The fourth-order valence-corrected chi connectivity index (χ4v) is 3.66. The normalized spacial score (nSPS) is 13.7. The highest BCUT2D eigenvalue weighted by Crippen LogP contribution is 2.39. The predicted molar refractivity (Wildman–Crippen MR) is 109 cm³/mol. The van der Waals surface area contributed by atoms with Crippen molar-refractivity contribution in [1.82, 2.24) is 19.9 Å². The van der Waals surface area contributed by atoms with Gasteiger partial charge in [0.05, 0.1) is 28.3 Å². The lowest BCUT2D eigenvalue weighted by Gasteiger charge is -2.09. The Balaban J connectivity index is 1.97. The molecule has 0 amide bonds. The van der Waals surface area contributed by atoms with Crippen LogP contribution >= 0.6 is 0 Å². The average molecular weight is 446 g/mol. The Hall–Kier alpha value is -3.82. The van der Waals surface area contributed by atoms with Gasteiger partial charge in [0.2, 0.25) is 0 Å². The average Bonchev–Trinajstić information content (AvgIpc) is 3.44. The fraction of sp³-hybridized carbons (Fsp3) is 0.0909. The number of H-pyrrole nitrogens is 2. The lowest BCUT2D eigenvalue weighted by atomic mass is 10.1. The van der Waals surface area contributed by atoms with Crippen molar-refractivity contribution in [3.8, 4) is 0 Å². The molecule has 0 fully saturated rings. The molecule has 5 heterocycles. The van der Waals surface area contributed by atoms with Gasteiger partial charge in [0.1, 0.15) is 11.1 Å². The first kappa shape index (κ1) is 20.1. The maximum Gasteiger partial charge on any atom is 0.420 e. The number of alkyl halides is 6. The number of hydrogen-bond acceptors (Lipinski definition) is 2. The second-order valence-corrected chi connectivity index (χ2v) is 7.20. The molecule has 3 aromatic rings. The van der Waals surface area contributed by atoms with Gasteiger partial charge in [-0.2, -0.15) is 26.3 Å². The molecule has 0 radical (unpaired) electrons. The summed E-state index contributed by atoms with van der Waals surface area (Å²) in [6.45, 7) is 0. The van der Waals surface area contributed by atoms with Crippen molar-refractivity contribution in [2.75, 3.05) is 0 Å². The smallest absolute Gasteiger partial charge is 0.355 e. The zero-order valence-electron chi connectivity index (χ0n) is 15.9. The Morgan fingerprint density at radius 1 is 0.562 bits per heavy atom. The Bertz CT molecular complexity index is 1450. The van der Waals surface area contributed by atoms with Crippen LogP contribution < -0.4 is 0 Å². The highest BCUT2D eigenvalue weighted by Gasteiger charge is 2.39. The third kappa shape index (κ3) is 3.57. The summed E-state index contributed by atoms with van der Waals surface area (Å²) in [6, 6.07) is 9.24. The van der Waals surface area contributed by atoms with Crippen LogP contribution in [-0.4, -0.2) is 19.9 Å². The SMILES string of the molecule is FC(F)(F)c1c2nc(cc3ccc(cc4ccc([nH]4)c(C(F)(F)F)c4nc1C=C4)[nH]3)C=C2. The van der Waals surface area contributed by atoms with Crippen molar-refractivity contribution >= 4 is 46.4 Å². The minimum Gasteiger partial charge on any atom is -0.355 e. The first-order valence-corrected chi connectivity index (χ1v) is 9.33. The topological polar surface area (TPSA) is 57.4 Å². The molecule has 4 nitrogen and oxygen atoms in total. The van der Waals surface area contributed by atoms with E-state index in [-0.39, 0.29) is 11.2 Å². The van der Waals surface area contributed by atoms with Crippen LogP contribution in [0.25, 0.3) is 46.4 Å². The minimum absolute atomic E-state index is 0.263. The van der Waals surface area contributed by atoms with Gasteiger partial charge < -0.3 is 9.97 Å². The third-order valence-electron chi connectivity index (χ3n) is 4.96. The maximum absolute atomic E-state index is 13.9. The summed E-state index contributed by atoms with van der Waals surface area (Å²) in [7, 11) is 0. The predicted octanol–water partition coefficient (Wildman–Crippen LogP) is 6.69. The molecule has 2 N–H and O–H groups in total. The van der Waals surface area contributed by atoms with Crippen LogP contribution in [0.4, 0.5) is 26.3 Å². The summed E-state index contributed by atoms with van der Waals surface area (Å²) in [5.41, 5.74) is -2.53. The van der Waals surface area contributed by atoms with Crippen LogP contribution in [-0.2, 0) is 12.4 Å². The van der Waals surface area contributed by atoms with E-state index in [9.17, 15) is 26.3 Å². The molecule has 0 aliphatic carbocycles. The van der Waals surface area contributed by atoms with Crippen LogP contribution in [0.3, 0.4) is 0 Å². The van der Waals surface area contributed by atoms with E-state index in [0.717, 1.165) is 12.2 Å². The summed E-state index contributed by atoms with van der Waals surface area (Å²) < 4.78 is 83.3. The zero-order valence-corrected chi connectivity index (χ0v) is 15.9. The number of hydrogen-bond donors (Lipinski definition) is 2. The van der Waals surface area contributed by atoms with E-state index in [2.05, 4.69) is 19.9 Å². The van der Waals surface area contributed by atoms with Gasteiger partial charge in [-0.25, -0.2) is 9.97 Å². The number of nitrogens with one attached hydrogen (secondary N) is 2. The van der Waals surface area contributed by atoms with Crippen LogP contribution in [0.1, 0.15) is 33.9 Å². The lowest BCUT2D eigenvalue weighted by Crippen LogP contribution is -2.11. The van der Waals surface area contributed by atoms with Crippen LogP contribution in [0.2, 0.25) is 0 Å². The Labute approximate surface area is 176 Å². The Morgan fingerprint density at radius 2 is 1.09 bits per heavy atom. The van der Waals surface area contributed by atoms with E-state index in [1.807, 2.05) is 0 Å². The molecule has 32 heavy (non-hydrogen) atoms. The standard InChI is InChI=1S/C22H12F6N4/c23-21(24,25)19-15-5-3-13(30-15)9-11-1-2-12(29-11)10-14-4-6-16(31-14)20(22(26,27)28)18-8-7-17(19)32-18/h1-10,29-30H. The van der Waals surface area contributed by atoms with Gasteiger partial charge in [0, 0.05) is 16.6 Å². The van der Waals surface area contributed by atoms with E-state index < -0.39 is 40.6 Å². The number of nitrogens with zero attached hydrogens (tertiary/aromatic N) is 2. The molecule has 0 unspecified atom stereocenters.